The maximum atomic E-state index is 12.1. The topological polar surface area (TPSA) is 109 Å². The molecule has 3 amide bonds. The summed E-state index contributed by atoms with van der Waals surface area (Å²) in [5, 5.41) is 6.99. The Hall–Kier alpha value is -3.98. The van der Waals surface area contributed by atoms with Crippen molar-refractivity contribution >= 4 is 45.8 Å². The lowest BCUT2D eigenvalue weighted by Crippen LogP contribution is -2.49. The van der Waals surface area contributed by atoms with Crippen LogP contribution in [0.25, 0.3) is 10.8 Å². The lowest BCUT2D eigenvalue weighted by molar-refractivity contribution is -0.126. The van der Waals surface area contributed by atoms with E-state index < -0.39 is 11.8 Å². The van der Waals surface area contributed by atoms with Gasteiger partial charge in [0.2, 0.25) is 11.8 Å². The normalized spacial score (nSPS) is 10.2. The number of nitrogens with one attached hydrogen (secondary N) is 4. The van der Waals surface area contributed by atoms with E-state index in [0.29, 0.717) is 12.3 Å². The monoisotopic (exact) mass is 464 g/mol. The van der Waals surface area contributed by atoms with Crippen molar-refractivity contribution in [2.24, 2.45) is 0 Å². The molecule has 0 aliphatic carbocycles. The molecule has 0 saturated heterocycles. The van der Waals surface area contributed by atoms with E-state index in [9.17, 15) is 14.4 Å². The molecule has 3 aromatic rings. The molecule has 3 aromatic carbocycles. The molecule has 0 unspecified atom stereocenters. The van der Waals surface area contributed by atoms with Gasteiger partial charge in [0.1, 0.15) is 5.75 Å². The van der Waals surface area contributed by atoms with Crippen LogP contribution in [0.1, 0.15) is 18.4 Å². The number of hydrogen-bond acceptors (Lipinski definition) is 5. The molecule has 4 N–H and O–H groups in total. The number of carbonyl (C=O) groups is 3. The molecule has 0 saturated carbocycles. The summed E-state index contributed by atoms with van der Waals surface area (Å²) < 4.78 is 5.60. The summed E-state index contributed by atoms with van der Waals surface area (Å²) in [6, 6.07) is 22.7. The fourth-order valence-corrected chi connectivity index (χ4v) is 3.12. The standard InChI is InChI=1S/C24H24N4O4S/c29-21(25-15-17-7-2-1-3-8-17)13-14-22(30)27-28-24(33)26-23(31)16-32-20-12-6-10-18-9-4-5-11-19(18)20/h1-12H,13-16H2,(H,25,29)(H,27,30)(H2,26,28,31,33). The van der Waals surface area contributed by atoms with E-state index in [-0.39, 0.29) is 30.5 Å². The minimum atomic E-state index is -0.477. The van der Waals surface area contributed by atoms with Gasteiger partial charge in [-0.25, -0.2) is 0 Å². The summed E-state index contributed by atoms with van der Waals surface area (Å²) >= 11 is 5.00. The molecule has 9 heteroatoms. The predicted octanol–water partition coefficient (Wildman–Crippen LogP) is 2.34. The molecule has 0 bridgehead atoms. The average Bonchev–Trinajstić information content (AvgIpc) is 2.84. The molecule has 0 fully saturated rings. The van der Waals surface area contributed by atoms with Crippen molar-refractivity contribution in [3.63, 3.8) is 0 Å². The zero-order valence-electron chi connectivity index (χ0n) is 17.8. The van der Waals surface area contributed by atoms with Crippen LogP contribution in [0, 0.1) is 0 Å². The zero-order chi connectivity index (χ0) is 23.5. The van der Waals surface area contributed by atoms with Crippen LogP contribution in [0.2, 0.25) is 0 Å². The number of thiocarbonyl (C=S) groups is 1. The van der Waals surface area contributed by atoms with E-state index in [0.717, 1.165) is 16.3 Å². The Morgan fingerprint density at radius 3 is 2.27 bits per heavy atom. The van der Waals surface area contributed by atoms with Crippen LogP contribution < -0.4 is 26.2 Å². The van der Waals surface area contributed by atoms with Gasteiger partial charge in [-0.15, -0.1) is 0 Å². The van der Waals surface area contributed by atoms with Gasteiger partial charge in [0.05, 0.1) is 0 Å². The molecule has 0 aliphatic rings. The highest BCUT2D eigenvalue weighted by molar-refractivity contribution is 7.80. The van der Waals surface area contributed by atoms with Gasteiger partial charge in [0.25, 0.3) is 5.91 Å². The summed E-state index contributed by atoms with van der Waals surface area (Å²) in [5.74, 6) is -0.570. The molecular weight excluding hydrogens is 440 g/mol. The first-order valence-corrected chi connectivity index (χ1v) is 10.7. The highest BCUT2D eigenvalue weighted by atomic mass is 32.1. The Kier molecular flexibility index (Phi) is 8.72. The lowest BCUT2D eigenvalue weighted by atomic mass is 10.1. The molecule has 0 radical (unpaired) electrons. The van der Waals surface area contributed by atoms with Crippen molar-refractivity contribution in [3.05, 3.63) is 78.4 Å². The van der Waals surface area contributed by atoms with E-state index in [1.165, 1.54) is 0 Å². The van der Waals surface area contributed by atoms with E-state index in [4.69, 9.17) is 17.0 Å². The molecule has 0 aromatic heterocycles. The van der Waals surface area contributed by atoms with Gasteiger partial charge in [0, 0.05) is 24.8 Å². The highest BCUT2D eigenvalue weighted by Crippen LogP contribution is 2.24. The van der Waals surface area contributed by atoms with Crippen LogP contribution in [-0.4, -0.2) is 29.4 Å². The first kappa shape index (κ1) is 23.7. The summed E-state index contributed by atoms with van der Waals surface area (Å²) in [7, 11) is 0. The smallest absolute Gasteiger partial charge is 0.264 e. The maximum absolute atomic E-state index is 12.1. The molecule has 0 spiro atoms. The Bertz CT molecular complexity index is 1130. The third-order valence-corrected chi connectivity index (χ3v) is 4.79. The fraction of sp³-hybridized carbons (Fsp3) is 0.167. The van der Waals surface area contributed by atoms with Gasteiger partial charge >= 0.3 is 0 Å². The van der Waals surface area contributed by atoms with Crippen molar-refractivity contribution in [3.8, 4) is 5.75 Å². The first-order chi connectivity index (χ1) is 16.0. The summed E-state index contributed by atoms with van der Waals surface area (Å²) in [5.41, 5.74) is 5.76. The molecule has 8 nitrogen and oxygen atoms in total. The molecule has 0 atom stereocenters. The van der Waals surface area contributed by atoms with Crippen molar-refractivity contribution < 1.29 is 19.1 Å². The van der Waals surface area contributed by atoms with Crippen LogP contribution >= 0.6 is 12.2 Å². The number of amides is 3. The van der Waals surface area contributed by atoms with Crippen molar-refractivity contribution in [1.29, 1.82) is 0 Å². The van der Waals surface area contributed by atoms with Crippen LogP contribution in [0.4, 0.5) is 0 Å². The Morgan fingerprint density at radius 2 is 1.45 bits per heavy atom. The second kappa shape index (κ2) is 12.2. The number of hydrogen-bond donors (Lipinski definition) is 4. The summed E-state index contributed by atoms with van der Waals surface area (Å²) in [6.07, 6.45) is -0.00723. The number of carbonyl (C=O) groups excluding carboxylic acids is 3. The minimum Gasteiger partial charge on any atom is -0.483 e. The Balaban J connectivity index is 1.31. The van der Waals surface area contributed by atoms with Crippen molar-refractivity contribution in [1.82, 2.24) is 21.5 Å². The average molecular weight is 465 g/mol. The molecule has 170 valence electrons. The highest BCUT2D eigenvalue weighted by Gasteiger charge is 2.10. The van der Waals surface area contributed by atoms with Crippen molar-refractivity contribution in [2.75, 3.05) is 6.61 Å². The van der Waals surface area contributed by atoms with Gasteiger partial charge in [-0.3, -0.25) is 30.6 Å². The van der Waals surface area contributed by atoms with Gasteiger partial charge < -0.3 is 10.1 Å². The van der Waals surface area contributed by atoms with E-state index in [1.807, 2.05) is 66.7 Å². The minimum absolute atomic E-state index is 0.0261. The molecule has 0 heterocycles. The largest absolute Gasteiger partial charge is 0.483 e. The quantitative estimate of drug-likeness (QED) is 0.301. The second-order valence-electron chi connectivity index (χ2n) is 7.08. The number of ether oxygens (including phenoxy) is 1. The van der Waals surface area contributed by atoms with Crippen LogP contribution in [-0.2, 0) is 20.9 Å². The van der Waals surface area contributed by atoms with E-state index in [2.05, 4.69) is 21.5 Å². The van der Waals surface area contributed by atoms with Crippen LogP contribution in [0.5, 0.6) is 5.75 Å². The van der Waals surface area contributed by atoms with E-state index in [1.54, 1.807) is 6.07 Å². The Morgan fingerprint density at radius 1 is 0.758 bits per heavy atom. The zero-order valence-corrected chi connectivity index (χ0v) is 18.6. The molecule has 0 aliphatic heterocycles. The van der Waals surface area contributed by atoms with Crippen LogP contribution in [0.3, 0.4) is 0 Å². The lowest BCUT2D eigenvalue weighted by Gasteiger charge is -2.12. The molecular formula is C24H24N4O4S. The maximum Gasteiger partial charge on any atom is 0.264 e. The molecule has 33 heavy (non-hydrogen) atoms. The third-order valence-electron chi connectivity index (χ3n) is 4.59. The SMILES string of the molecule is O=C(CCC(=O)NNC(=S)NC(=O)COc1cccc2ccccc12)NCc1ccccc1. The fourth-order valence-electron chi connectivity index (χ4n) is 2.96. The summed E-state index contributed by atoms with van der Waals surface area (Å²) in [4.78, 5) is 35.8. The van der Waals surface area contributed by atoms with Gasteiger partial charge in [-0.1, -0.05) is 66.7 Å². The van der Waals surface area contributed by atoms with E-state index >= 15 is 0 Å². The third kappa shape index (κ3) is 7.89. The van der Waals surface area contributed by atoms with Gasteiger partial charge in [0.15, 0.2) is 11.7 Å². The predicted molar refractivity (Wildman–Crippen MR) is 129 cm³/mol. The number of fused-ring (bicyclic) bond motifs is 1. The second-order valence-corrected chi connectivity index (χ2v) is 7.49. The van der Waals surface area contributed by atoms with Crippen molar-refractivity contribution in [2.45, 2.75) is 19.4 Å². The number of hydrazine groups is 1. The van der Waals surface area contributed by atoms with Crippen LogP contribution in [0.15, 0.2) is 72.8 Å². The van der Waals surface area contributed by atoms with Gasteiger partial charge in [-0.2, -0.15) is 0 Å². The first-order valence-electron chi connectivity index (χ1n) is 10.3. The Labute approximate surface area is 196 Å². The number of rotatable bonds is 8. The molecule has 3 rings (SSSR count). The van der Waals surface area contributed by atoms with Gasteiger partial charge in [-0.05, 0) is 29.2 Å². The summed E-state index contributed by atoms with van der Waals surface area (Å²) in [6.45, 7) is 0.155. The number of benzene rings is 3.